The summed E-state index contributed by atoms with van der Waals surface area (Å²) in [4.78, 5) is 4.01. The van der Waals surface area contributed by atoms with Crippen molar-refractivity contribution in [1.29, 1.82) is 5.26 Å². The summed E-state index contributed by atoms with van der Waals surface area (Å²) in [7, 11) is 0. The van der Waals surface area contributed by atoms with Gasteiger partial charge in [0.15, 0.2) is 6.23 Å². The maximum atomic E-state index is 9.10. The highest BCUT2D eigenvalue weighted by Gasteiger charge is 2.16. The monoisotopic (exact) mass is 227 g/mol. The van der Waals surface area contributed by atoms with Crippen LogP contribution in [0.15, 0.2) is 43.0 Å². The molecule has 1 aromatic carbocycles. The van der Waals surface area contributed by atoms with Crippen LogP contribution in [0.1, 0.15) is 24.3 Å². The molecule has 0 bridgehead atoms. The normalized spacial score (nSPS) is 12.0. The highest BCUT2D eigenvalue weighted by molar-refractivity contribution is 5.38. The zero-order valence-corrected chi connectivity index (χ0v) is 9.58. The Balaban J connectivity index is 2.43. The van der Waals surface area contributed by atoms with Crippen LogP contribution in [-0.4, -0.2) is 16.2 Å². The van der Waals surface area contributed by atoms with Crippen LogP contribution >= 0.6 is 0 Å². The predicted octanol–water partition coefficient (Wildman–Crippen LogP) is 2.34. The molecule has 0 radical (unpaired) electrons. The van der Waals surface area contributed by atoms with E-state index in [1.807, 2.05) is 35.9 Å². The molecule has 0 spiro atoms. The molecule has 0 fully saturated rings. The predicted molar refractivity (Wildman–Crippen MR) is 63.1 cm³/mol. The van der Waals surface area contributed by atoms with Crippen LogP contribution in [0.4, 0.5) is 0 Å². The van der Waals surface area contributed by atoms with E-state index in [9.17, 15) is 0 Å². The first-order valence-electron chi connectivity index (χ1n) is 5.45. The lowest BCUT2D eigenvalue weighted by molar-refractivity contribution is 0.0408. The molecule has 1 aromatic heterocycles. The molecule has 1 heterocycles. The molecule has 0 amide bonds. The van der Waals surface area contributed by atoms with Gasteiger partial charge in [-0.2, -0.15) is 5.26 Å². The zero-order valence-electron chi connectivity index (χ0n) is 9.58. The van der Waals surface area contributed by atoms with Crippen molar-refractivity contribution in [3.8, 4) is 6.07 Å². The van der Waals surface area contributed by atoms with Gasteiger partial charge in [0.05, 0.1) is 18.0 Å². The lowest BCUT2D eigenvalue weighted by Crippen LogP contribution is -2.14. The first-order valence-corrected chi connectivity index (χ1v) is 5.45. The van der Waals surface area contributed by atoms with Crippen LogP contribution in [0.5, 0.6) is 0 Å². The Morgan fingerprint density at radius 1 is 1.47 bits per heavy atom. The van der Waals surface area contributed by atoms with E-state index in [1.54, 1.807) is 18.6 Å². The van der Waals surface area contributed by atoms with E-state index in [1.165, 1.54) is 0 Å². The van der Waals surface area contributed by atoms with Gasteiger partial charge in [-0.25, -0.2) is 4.98 Å². The van der Waals surface area contributed by atoms with Crippen LogP contribution in [0.2, 0.25) is 0 Å². The van der Waals surface area contributed by atoms with Crippen LogP contribution < -0.4 is 0 Å². The Morgan fingerprint density at radius 2 is 2.29 bits per heavy atom. The SMILES string of the molecule is CCOC(c1ccccc1C#N)n1ccnc1. The fourth-order valence-corrected chi connectivity index (χ4v) is 1.72. The van der Waals surface area contributed by atoms with Crippen LogP contribution in [0, 0.1) is 11.3 Å². The minimum atomic E-state index is -0.293. The molecule has 2 aromatic rings. The molecular weight excluding hydrogens is 214 g/mol. The molecule has 0 aliphatic carbocycles. The standard InChI is InChI=1S/C13H13N3O/c1-2-17-13(16-8-7-15-10-16)12-6-4-3-5-11(12)9-14/h3-8,10,13H,2H2,1H3. The highest BCUT2D eigenvalue weighted by Crippen LogP contribution is 2.22. The molecule has 0 aliphatic rings. The molecule has 0 N–H and O–H groups in total. The second-order valence-electron chi connectivity index (χ2n) is 3.52. The van der Waals surface area contributed by atoms with Crippen LogP contribution in [0.25, 0.3) is 0 Å². The molecule has 17 heavy (non-hydrogen) atoms. The third kappa shape index (κ3) is 2.35. The fourth-order valence-electron chi connectivity index (χ4n) is 1.72. The fraction of sp³-hybridized carbons (Fsp3) is 0.231. The van der Waals surface area contributed by atoms with Crippen molar-refractivity contribution in [2.24, 2.45) is 0 Å². The van der Waals surface area contributed by atoms with Gasteiger partial charge in [-0.1, -0.05) is 18.2 Å². The molecule has 4 heteroatoms. The molecule has 0 saturated carbocycles. The van der Waals surface area contributed by atoms with Gasteiger partial charge in [-0.15, -0.1) is 0 Å². The summed E-state index contributed by atoms with van der Waals surface area (Å²) in [5.74, 6) is 0. The van der Waals surface area contributed by atoms with E-state index >= 15 is 0 Å². The largest absolute Gasteiger partial charge is 0.354 e. The minimum absolute atomic E-state index is 0.293. The summed E-state index contributed by atoms with van der Waals surface area (Å²) < 4.78 is 7.53. The number of benzene rings is 1. The van der Waals surface area contributed by atoms with Gasteiger partial charge >= 0.3 is 0 Å². The first kappa shape index (κ1) is 11.4. The molecular formula is C13H13N3O. The first-order chi connectivity index (χ1) is 8.36. The Labute approximate surface area is 100 Å². The average Bonchev–Trinajstić information content (AvgIpc) is 2.89. The molecule has 0 aliphatic heterocycles. The number of hydrogen-bond acceptors (Lipinski definition) is 3. The molecule has 1 atom stereocenters. The molecule has 2 rings (SSSR count). The maximum absolute atomic E-state index is 9.10. The molecule has 4 nitrogen and oxygen atoms in total. The van der Waals surface area contributed by atoms with Crippen molar-refractivity contribution in [3.63, 3.8) is 0 Å². The van der Waals surface area contributed by atoms with E-state index in [0.29, 0.717) is 12.2 Å². The van der Waals surface area contributed by atoms with Crippen molar-refractivity contribution >= 4 is 0 Å². The number of rotatable bonds is 4. The summed E-state index contributed by atoms with van der Waals surface area (Å²) in [6, 6.07) is 9.62. The number of imidazole rings is 1. The molecule has 0 saturated heterocycles. The number of ether oxygens (including phenoxy) is 1. The Kier molecular flexibility index (Phi) is 3.53. The lowest BCUT2D eigenvalue weighted by Gasteiger charge is -2.19. The summed E-state index contributed by atoms with van der Waals surface area (Å²) in [5, 5.41) is 9.10. The van der Waals surface area contributed by atoms with Gasteiger partial charge in [0, 0.05) is 24.6 Å². The quantitative estimate of drug-likeness (QED) is 0.805. The zero-order chi connectivity index (χ0) is 12.1. The summed E-state index contributed by atoms with van der Waals surface area (Å²) in [6.07, 6.45) is 4.92. The lowest BCUT2D eigenvalue weighted by atomic mass is 10.1. The summed E-state index contributed by atoms with van der Waals surface area (Å²) >= 11 is 0. The Bertz CT molecular complexity index is 514. The third-order valence-corrected chi connectivity index (χ3v) is 2.47. The second-order valence-corrected chi connectivity index (χ2v) is 3.52. The Morgan fingerprint density at radius 3 is 2.94 bits per heavy atom. The van der Waals surface area contributed by atoms with Gasteiger partial charge < -0.3 is 9.30 Å². The van der Waals surface area contributed by atoms with Gasteiger partial charge in [0.2, 0.25) is 0 Å². The van der Waals surface area contributed by atoms with E-state index in [0.717, 1.165) is 5.56 Å². The van der Waals surface area contributed by atoms with Crippen LogP contribution in [0.3, 0.4) is 0 Å². The van der Waals surface area contributed by atoms with Crippen molar-refractivity contribution in [3.05, 3.63) is 54.1 Å². The van der Waals surface area contributed by atoms with E-state index in [-0.39, 0.29) is 6.23 Å². The Hall–Kier alpha value is -2.12. The highest BCUT2D eigenvalue weighted by atomic mass is 16.5. The number of nitriles is 1. The van der Waals surface area contributed by atoms with Crippen molar-refractivity contribution in [2.45, 2.75) is 13.2 Å². The van der Waals surface area contributed by atoms with E-state index < -0.39 is 0 Å². The smallest absolute Gasteiger partial charge is 0.162 e. The summed E-state index contributed by atoms with van der Waals surface area (Å²) in [5.41, 5.74) is 1.48. The van der Waals surface area contributed by atoms with E-state index in [4.69, 9.17) is 10.00 Å². The minimum Gasteiger partial charge on any atom is -0.354 e. The van der Waals surface area contributed by atoms with Crippen molar-refractivity contribution in [2.75, 3.05) is 6.61 Å². The molecule has 86 valence electrons. The third-order valence-electron chi connectivity index (χ3n) is 2.47. The summed E-state index contributed by atoms with van der Waals surface area (Å²) in [6.45, 7) is 2.50. The van der Waals surface area contributed by atoms with Gasteiger partial charge in [0.25, 0.3) is 0 Å². The number of nitrogens with zero attached hydrogens (tertiary/aromatic N) is 3. The second kappa shape index (κ2) is 5.28. The average molecular weight is 227 g/mol. The van der Waals surface area contributed by atoms with Gasteiger partial charge in [0.1, 0.15) is 0 Å². The van der Waals surface area contributed by atoms with Gasteiger partial charge in [-0.05, 0) is 13.0 Å². The topological polar surface area (TPSA) is 50.8 Å². The number of aromatic nitrogens is 2. The molecule has 1 unspecified atom stereocenters. The van der Waals surface area contributed by atoms with Crippen LogP contribution in [-0.2, 0) is 4.74 Å². The van der Waals surface area contributed by atoms with E-state index in [2.05, 4.69) is 11.1 Å². The number of hydrogen-bond donors (Lipinski definition) is 0. The maximum Gasteiger partial charge on any atom is 0.162 e. The van der Waals surface area contributed by atoms with Crippen molar-refractivity contribution < 1.29 is 4.74 Å². The van der Waals surface area contributed by atoms with Crippen molar-refractivity contribution in [1.82, 2.24) is 9.55 Å². The van der Waals surface area contributed by atoms with Gasteiger partial charge in [-0.3, -0.25) is 0 Å².